The molecule has 0 spiro atoms. The van der Waals surface area contributed by atoms with E-state index in [0.29, 0.717) is 22.0 Å². The van der Waals surface area contributed by atoms with Crippen molar-refractivity contribution in [2.24, 2.45) is 0 Å². The largest absolute Gasteiger partial charge is 0.322 e. The van der Waals surface area contributed by atoms with Crippen LogP contribution in [0.25, 0.3) is 0 Å². The van der Waals surface area contributed by atoms with Crippen LogP contribution >= 0.6 is 27.5 Å². The van der Waals surface area contributed by atoms with Crippen LogP contribution in [0.3, 0.4) is 0 Å². The molecule has 8 heteroatoms. The normalized spacial score (nSPS) is 11.1. The summed E-state index contributed by atoms with van der Waals surface area (Å²) in [6.07, 6.45) is 1.16. The second-order valence-corrected chi connectivity index (χ2v) is 9.55. The molecule has 0 aromatic heterocycles. The lowest BCUT2D eigenvalue weighted by molar-refractivity contribution is 0.102. The SMILES string of the molecule is CS(=O)(=O)N(Cc1ccccc1)c1ccc(C(=O)Nc2ccc(Br)c(Cl)c2)cc1. The van der Waals surface area contributed by atoms with Crippen molar-refractivity contribution in [2.75, 3.05) is 15.9 Å². The maximum absolute atomic E-state index is 12.5. The number of nitrogens with zero attached hydrogens (tertiary/aromatic N) is 1. The van der Waals surface area contributed by atoms with Gasteiger partial charge in [-0.05, 0) is 64.0 Å². The van der Waals surface area contributed by atoms with Crippen molar-refractivity contribution in [1.82, 2.24) is 0 Å². The molecular formula is C21H18BrClN2O3S. The van der Waals surface area contributed by atoms with E-state index in [0.717, 1.165) is 16.3 Å². The Bertz CT molecular complexity index is 1120. The van der Waals surface area contributed by atoms with Crippen LogP contribution in [0.5, 0.6) is 0 Å². The molecule has 0 heterocycles. The predicted octanol–water partition coefficient (Wildman–Crippen LogP) is 5.32. The van der Waals surface area contributed by atoms with Crippen molar-refractivity contribution in [3.05, 3.63) is 93.4 Å². The molecule has 3 aromatic rings. The maximum atomic E-state index is 12.5. The Labute approximate surface area is 183 Å². The summed E-state index contributed by atoms with van der Waals surface area (Å²) >= 11 is 9.35. The fourth-order valence-electron chi connectivity index (χ4n) is 2.71. The highest BCUT2D eigenvalue weighted by Gasteiger charge is 2.18. The molecule has 3 aromatic carbocycles. The summed E-state index contributed by atoms with van der Waals surface area (Å²) in [7, 11) is -3.49. The molecule has 1 N–H and O–H groups in total. The summed E-state index contributed by atoms with van der Waals surface area (Å²) in [4.78, 5) is 12.5. The summed E-state index contributed by atoms with van der Waals surface area (Å²) in [6.45, 7) is 0.211. The fourth-order valence-corrected chi connectivity index (χ4v) is 4.02. The first-order valence-corrected chi connectivity index (χ1v) is 11.6. The average molecular weight is 494 g/mol. The molecule has 5 nitrogen and oxygen atoms in total. The van der Waals surface area contributed by atoms with Crippen LogP contribution < -0.4 is 9.62 Å². The molecule has 0 aliphatic rings. The van der Waals surface area contributed by atoms with Gasteiger partial charge < -0.3 is 5.32 Å². The summed E-state index contributed by atoms with van der Waals surface area (Å²) in [5.41, 5.74) is 2.32. The Hall–Kier alpha value is -2.35. The molecule has 29 heavy (non-hydrogen) atoms. The van der Waals surface area contributed by atoms with Crippen LogP contribution in [0.15, 0.2) is 77.3 Å². The van der Waals surface area contributed by atoms with E-state index in [9.17, 15) is 13.2 Å². The Morgan fingerprint density at radius 3 is 2.28 bits per heavy atom. The van der Waals surface area contributed by atoms with Crippen molar-refractivity contribution < 1.29 is 13.2 Å². The van der Waals surface area contributed by atoms with Gasteiger partial charge in [0.25, 0.3) is 5.91 Å². The monoisotopic (exact) mass is 492 g/mol. The van der Waals surface area contributed by atoms with Gasteiger partial charge in [-0.2, -0.15) is 0 Å². The number of benzene rings is 3. The molecule has 0 bridgehead atoms. The smallest absolute Gasteiger partial charge is 0.255 e. The molecule has 0 aliphatic heterocycles. The Morgan fingerprint density at radius 1 is 1.03 bits per heavy atom. The lowest BCUT2D eigenvalue weighted by Crippen LogP contribution is -2.29. The number of sulfonamides is 1. The van der Waals surface area contributed by atoms with Gasteiger partial charge >= 0.3 is 0 Å². The van der Waals surface area contributed by atoms with Gasteiger partial charge in [0.15, 0.2) is 0 Å². The number of rotatable bonds is 6. The molecule has 0 unspecified atom stereocenters. The molecule has 150 valence electrons. The van der Waals surface area contributed by atoms with Crippen molar-refractivity contribution in [2.45, 2.75) is 6.54 Å². The van der Waals surface area contributed by atoms with E-state index in [-0.39, 0.29) is 12.5 Å². The van der Waals surface area contributed by atoms with E-state index in [4.69, 9.17) is 11.6 Å². The molecule has 0 aliphatic carbocycles. The minimum Gasteiger partial charge on any atom is -0.322 e. The highest BCUT2D eigenvalue weighted by atomic mass is 79.9. The van der Waals surface area contributed by atoms with Gasteiger partial charge in [-0.3, -0.25) is 9.10 Å². The summed E-state index contributed by atoms with van der Waals surface area (Å²) in [6, 6.07) is 20.9. The standard InChI is InChI=1S/C21H18BrClN2O3S/c1-29(27,28)25(14-15-5-3-2-4-6-15)18-10-7-16(8-11-18)21(26)24-17-9-12-19(22)20(23)13-17/h2-13H,14H2,1H3,(H,24,26). The van der Waals surface area contributed by atoms with Gasteiger partial charge in [-0.15, -0.1) is 0 Å². The highest BCUT2D eigenvalue weighted by Crippen LogP contribution is 2.26. The molecule has 3 rings (SSSR count). The summed E-state index contributed by atoms with van der Waals surface area (Å²) in [5.74, 6) is -0.316. The molecule has 0 fully saturated rings. The lowest BCUT2D eigenvalue weighted by atomic mass is 10.1. The minimum absolute atomic E-state index is 0.211. The summed E-state index contributed by atoms with van der Waals surface area (Å²) in [5, 5.41) is 3.26. The van der Waals surface area contributed by atoms with E-state index in [1.165, 1.54) is 4.31 Å². The zero-order chi connectivity index (χ0) is 21.0. The maximum Gasteiger partial charge on any atom is 0.255 e. The van der Waals surface area contributed by atoms with Gasteiger partial charge in [-0.1, -0.05) is 41.9 Å². The predicted molar refractivity (Wildman–Crippen MR) is 121 cm³/mol. The topological polar surface area (TPSA) is 66.5 Å². The van der Waals surface area contributed by atoms with Crippen molar-refractivity contribution >= 4 is 54.8 Å². The number of anilines is 2. The van der Waals surface area contributed by atoms with Crippen molar-refractivity contribution in [3.63, 3.8) is 0 Å². The second kappa shape index (κ2) is 8.98. The first-order chi connectivity index (χ1) is 13.7. The van der Waals surface area contributed by atoms with E-state index >= 15 is 0 Å². The van der Waals surface area contributed by atoms with E-state index < -0.39 is 10.0 Å². The van der Waals surface area contributed by atoms with E-state index in [2.05, 4.69) is 21.2 Å². The van der Waals surface area contributed by atoms with E-state index in [1.807, 2.05) is 30.3 Å². The zero-order valence-corrected chi connectivity index (χ0v) is 18.6. The lowest BCUT2D eigenvalue weighted by Gasteiger charge is -2.22. The number of carbonyl (C=O) groups excluding carboxylic acids is 1. The van der Waals surface area contributed by atoms with Gasteiger partial charge in [0.2, 0.25) is 10.0 Å². The first kappa shape index (κ1) is 21.4. The third kappa shape index (κ3) is 5.59. The fraction of sp³-hybridized carbons (Fsp3) is 0.0952. The molecule has 0 saturated heterocycles. The Kier molecular flexibility index (Phi) is 6.62. The Balaban J connectivity index is 1.79. The van der Waals surface area contributed by atoms with Crippen LogP contribution in [0, 0.1) is 0 Å². The van der Waals surface area contributed by atoms with Gasteiger partial charge in [0.05, 0.1) is 23.5 Å². The van der Waals surface area contributed by atoms with Crippen LogP contribution in [-0.2, 0) is 16.6 Å². The summed E-state index contributed by atoms with van der Waals surface area (Å²) < 4.78 is 26.6. The van der Waals surface area contributed by atoms with E-state index in [1.54, 1.807) is 42.5 Å². The van der Waals surface area contributed by atoms with Crippen molar-refractivity contribution in [1.29, 1.82) is 0 Å². The number of carbonyl (C=O) groups is 1. The molecule has 0 saturated carbocycles. The number of hydrogen-bond donors (Lipinski definition) is 1. The molecule has 1 amide bonds. The Morgan fingerprint density at radius 2 is 1.69 bits per heavy atom. The van der Waals surface area contributed by atoms with Gasteiger partial charge in [0, 0.05) is 15.7 Å². The number of amides is 1. The molecular weight excluding hydrogens is 476 g/mol. The highest BCUT2D eigenvalue weighted by molar-refractivity contribution is 9.10. The number of nitrogens with one attached hydrogen (secondary N) is 1. The average Bonchev–Trinajstić information content (AvgIpc) is 2.69. The number of hydrogen-bond acceptors (Lipinski definition) is 3. The third-order valence-electron chi connectivity index (χ3n) is 4.16. The van der Waals surface area contributed by atoms with Crippen molar-refractivity contribution in [3.8, 4) is 0 Å². The second-order valence-electron chi connectivity index (χ2n) is 6.39. The molecule has 0 atom stereocenters. The van der Waals surface area contributed by atoms with Gasteiger partial charge in [0.1, 0.15) is 0 Å². The third-order valence-corrected chi connectivity index (χ3v) is 6.54. The number of halogens is 2. The van der Waals surface area contributed by atoms with Crippen LogP contribution in [0.1, 0.15) is 15.9 Å². The quantitative estimate of drug-likeness (QED) is 0.505. The first-order valence-electron chi connectivity index (χ1n) is 8.62. The molecule has 0 radical (unpaired) electrons. The van der Waals surface area contributed by atoms with Crippen LogP contribution in [0.2, 0.25) is 5.02 Å². The van der Waals surface area contributed by atoms with Gasteiger partial charge in [-0.25, -0.2) is 8.42 Å². The van der Waals surface area contributed by atoms with Crippen LogP contribution in [-0.4, -0.2) is 20.6 Å². The zero-order valence-electron chi connectivity index (χ0n) is 15.5. The van der Waals surface area contributed by atoms with Crippen LogP contribution in [0.4, 0.5) is 11.4 Å². The minimum atomic E-state index is -3.49.